The number of carboxylic acids is 1. The highest BCUT2D eigenvalue weighted by Gasteiger charge is 2.11. The van der Waals surface area contributed by atoms with E-state index in [4.69, 9.17) is 16.7 Å². The fourth-order valence-electron chi connectivity index (χ4n) is 1.27. The minimum atomic E-state index is -1.07. The van der Waals surface area contributed by atoms with Gasteiger partial charge >= 0.3 is 5.97 Å². The van der Waals surface area contributed by atoms with Crippen molar-refractivity contribution >= 4 is 44.4 Å². The Morgan fingerprint density at radius 3 is 2.80 bits per heavy atom. The summed E-state index contributed by atoms with van der Waals surface area (Å²) in [5.74, 6) is -1.07. The van der Waals surface area contributed by atoms with Crippen LogP contribution in [0, 0.1) is 0 Å². The summed E-state index contributed by atoms with van der Waals surface area (Å²) in [6, 6.07) is 6.91. The molecule has 1 N–H and O–H groups in total. The van der Waals surface area contributed by atoms with Crippen molar-refractivity contribution < 1.29 is 9.90 Å². The van der Waals surface area contributed by atoms with E-state index in [2.05, 4.69) is 20.9 Å². The minimum absolute atomic E-state index is 0.00750. The minimum Gasteiger partial charge on any atom is -0.478 e. The van der Waals surface area contributed by atoms with E-state index < -0.39 is 5.97 Å². The van der Waals surface area contributed by atoms with E-state index in [-0.39, 0.29) is 10.7 Å². The lowest BCUT2D eigenvalue weighted by Gasteiger charge is -2.02. The van der Waals surface area contributed by atoms with Crippen molar-refractivity contribution in [3.05, 3.63) is 39.5 Å². The average molecular weight is 287 g/mol. The second-order valence-electron chi connectivity index (χ2n) is 2.97. The number of hydrogen-bond acceptors (Lipinski definition) is 2. The molecular weight excluding hydrogens is 281 g/mol. The molecule has 0 atom stereocenters. The molecule has 0 aliphatic rings. The number of fused-ring (bicyclic) bond motifs is 1. The van der Waals surface area contributed by atoms with Gasteiger partial charge in [0.25, 0.3) is 0 Å². The van der Waals surface area contributed by atoms with Gasteiger partial charge in [-0.1, -0.05) is 33.6 Å². The molecule has 2 rings (SSSR count). The molecule has 0 aliphatic heterocycles. The van der Waals surface area contributed by atoms with Gasteiger partial charge in [0.15, 0.2) is 0 Å². The van der Waals surface area contributed by atoms with Crippen molar-refractivity contribution in [2.45, 2.75) is 0 Å². The number of pyridine rings is 1. The molecule has 1 aromatic carbocycles. The van der Waals surface area contributed by atoms with Crippen LogP contribution < -0.4 is 0 Å². The molecular formula is C10H5BrClNO2. The predicted molar refractivity (Wildman–Crippen MR) is 61.4 cm³/mol. The highest BCUT2D eigenvalue weighted by Crippen LogP contribution is 2.23. The lowest BCUT2D eigenvalue weighted by Crippen LogP contribution is -1.99. The van der Waals surface area contributed by atoms with Crippen molar-refractivity contribution in [1.29, 1.82) is 0 Å². The van der Waals surface area contributed by atoms with Crippen LogP contribution in [0.2, 0.25) is 5.15 Å². The zero-order valence-corrected chi connectivity index (χ0v) is 9.71. The molecule has 15 heavy (non-hydrogen) atoms. The number of rotatable bonds is 1. The second kappa shape index (κ2) is 3.79. The topological polar surface area (TPSA) is 50.2 Å². The van der Waals surface area contributed by atoms with Crippen molar-refractivity contribution in [3.63, 3.8) is 0 Å². The zero-order chi connectivity index (χ0) is 11.0. The zero-order valence-electron chi connectivity index (χ0n) is 7.37. The lowest BCUT2D eigenvalue weighted by atomic mass is 10.1. The largest absolute Gasteiger partial charge is 0.478 e. The SMILES string of the molecule is O=C(O)c1cc2ccc(Br)cc2nc1Cl. The molecule has 0 bridgehead atoms. The number of aromatic carboxylic acids is 1. The van der Waals surface area contributed by atoms with Gasteiger partial charge < -0.3 is 5.11 Å². The molecule has 0 saturated carbocycles. The molecule has 76 valence electrons. The normalized spacial score (nSPS) is 10.5. The third-order valence-electron chi connectivity index (χ3n) is 1.96. The first kappa shape index (κ1) is 10.4. The van der Waals surface area contributed by atoms with E-state index in [1.54, 1.807) is 12.1 Å². The summed E-state index contributed by atoms with van der Waals surface area (Å²) in [5, 5.41) is 9.60. The molecule has 0 fully saturated rings. The van der Waals surface area contributed by atoms with Crippen LogP contribution in [0.4, 0.5) is 0 Å². The van der Waals surface area contributed by atoms with Gasteiger partial charge in [-0.05, 0) is 18.2 Å². The summed E-state index contributed by atoms with van der Waals surface area (Å²) in [5.41, 5.74) is 0.686. The molecule has 0 amide bonds. The summed E-state index contributed by atoms with van der Waals surface area (Å²) in [4.78, 5) is 14.8. The van der Waals surface area contributed by atoms with Crippen LogP contribution in [0.15, 0.2) is 28.7 Å². The third kappa shape index (κ3) is 1.96. The Kier molecular flexibility index (Phi) is 2.63. The van der Waals surface area contributed by atoms with Gasteiger partial charge in [0, 0.05) is 9.86 Å². The quantitative estimate of drug-likeness (QED) is 0.818. The van der Waals surface area contributed by atoms with Crippen LogP contribution in [0.3, 0.4) is 0 Å². The van der Waals surface area contributed by atoms with Crippen LogP contribution in [0.25, 0.3) is 10.9 Å². The number of nitrogens with zero attached hydrogens (tertiary/aromatic N) is 1. The summed E-state index contributed by atoms with van der Waals surface area (Å²) in [6.07, 6.45) is 0. The van der Waals surface area contributed by atoms with E-state index in [0.717, 1.165) is 9.86 Å². The third-order valence-corrected chi connectivity index (χ3v) is 2.74. The van der Waals surface area contributed by atoms with Gasteiger partial charge in [-0.25, -0.2) is 9.78 Å². The Balaban J connectivity index is 2.76. The number of hydrogen-bond donors (Lipinski definition) is 1. The smallest absolute Gasteiger partial charge is 0.338 e. The molecule has 0 saturated heterocycles. The molecule has 0 spiro atoms. The highest BCUT2D eigenvalue weighted by molar-refractivity contribution is 9.10. The molecule has 0 radical (unpaired) electrons. The Bertz CT molecular complexity index is 556. The molecule has 3 nitrogen and oxygen atoms in total. The summed E-state index contributed by atoms with van der Waals surface area (Å²) < 4.78 is 0.877. The maximum Gasteiger partial charge on any atom is 0.338 e. The molecule has 5 heteroatoms. The summed E-state index contributed by atoms with van der Waals surface area (Å²) >= 11 is 9.05. The van der Waals surface area contributed by atoms with E-state index in [1.165, 1.54) is 6.07 Å². The monoisotopic (exact) mass is 285 g/mol. The first-order chi connectivity index (χ1) is 7.08. The Labute approximate surface area is 98.8 Å². The fourth-order valence-corrected chi connectivity index (χ4v) is 1.84. The van der Waals surface area contributed by atoms with Gasteiger partial charge in [-0.3, -0.25) is 0 Å². The Hall–Kier alpha value is -1.13. The van der Waals surface area contributed by atoms with E-state index in [1.807, 2.05) is 6.07 Å². The maximum atomic E-state index is 10.8. The number of aromatic nitrogens is 1. The molecule has 1 aromatic heterocycles. The number of carboxylic acid groups (broad SMARTS) is 1. The second-order valence-corrected chi connectivity index (χ2v) is 4.24. The van der Waals surface area contributed by atoms with Crippen LogP contribution in [0.5, 0.6) is 0 Å². The van der Waals surface area contributed by atoms with Gasteiger partial charge in [-0.2, -0.15) is 0 Å². The molecule has 2 aromatic rings. The predicted octanol–water partition coefficient (Wildman–Crippen LogP) is 3.35. The highest BCUT2D eigenvalue weighted by atomic mass is 79.9. The molecule has 1 heterocycles. The Morgan fingerprint density at radius 1 is 1.40 bits per heavy atom. The van der Waals surface area contributed by atoms with Crippen LogP contribution in [0.1, 0.15) is 10.4 Å². The van der Waals surface area contributed by atoms with Crippen LogP contribution in [-0.2, 0) is 0 Å². The first-order valence-electron chi connectivity index (χ1n) is 4.07. The first-order valence-corrected chi connectivity index (χ1v) is 5.24. The summed E-state index contributed by atoms with van der Waals surface area (Å²) in [6.45, 7) is 0. The van der Waals surface area contributed by atoms with Gasteiger partial charge in [0.05, 0.1) is 11.1 Å². The number of halogens is 2. The Morgan fingerprint density at radius 2 is 2.13 bits per heavy atom. The van der Waals surface area contributed by atoms with Gasteiger partial charge in [0.2, 0.25) is 0 Å². The standard InChI is InChI=1S/C10H5BrClNO2/c11-6-2-1-5-3-7(10(14)15)9(12)13-8(5)4-6/h1-4H,(H,14,15). The van der Waals surface area contributed by atoms with Crippen molar-refractivity contribution in [3.8, 4) is 0 Å². The summed E-state index contributed by atoms with van der Waals surface area (Å²) in [7, 11) is 0. The van der Waals surface area contributed by atoms with Crippen LogP contribution >= 0.6 is 27.5 Å². The lowest BCUT2D eigenvalue weighted by molar-refractivity contribution is 0.0697. The fraction of sp³-hybridized carbons (Fsp3) is 0. The number of benzene rings is 1. The van der Waals surface area contributed by atoms with Crippen molar-refractivity contribution in [2.24, 2.45) is 0 Å². The van der Waals surface area contributed by atoms with Crippen molar-refractivity contribution in [1.82, 2.24) is 4.98 Å². The van der Waals surface area contributed by atoms with E-state index in [9.17, 15) is 4.79 Å². The maximum absolute atomic E-state index is 10.8. The molecule has 0 unspecified atom stereocenters. The molecule has 0 aliphatic carbocycles. The van der Waals surface area contributed by atoms with E-state index >= 15 is 0 Å². The van der Waals surface area contributed by atoms with Gasteiger partial charge in [0.1, 0.15) is 5.15 Å². The van der Waals surface area contributed by atoms with Gasteiger partial charge in [-0.15, -0.1) is 0 Å². The van der Waals surface area contributed by atoms with Crippen molar-refractivity contribution in [2.75, 3.05) is 0 Å². The number of carbonyl (C=O) groups is 1. The van der Waals surface area contributed by atoms with Crippen LogP contribution in [-0.4, -0.2) is 16.1 Å². The van der Waals surface area contributed by atoms with E-state index in [0.29, 0.717) is 5.52 Å². The average Bonchev–Trinajstić information content (AvgIpc) is 2.15.